The molecule has 4 atom stereocenters. The first kappa shape index (κ1) is 27.3. The molecule has 3 rings (SSSR count). The van der Waals surface area contributed by atoms with E-state index in [4.69, 9.17) is 45.0 Å². The summed E-state index contributed by atoms with van der Waals surface area (Å²) in [5.41, 5.74) is 6.44. The van der Waals surface area contributed by atoms with Gasteiger partial charge in [-0.25, -0.2) is 19.5 Å². The maximum atomic E-state index is 9.95. The van der Waals surface area contributed by atoms with Gasteiger partial charge in [-0.2, -0.15) is 0 Å². The molecule has 2 aromatic heterocycles. The molecule has 32 heavy (non-hydrogen) atoms. The summed E-state index contributed by atoms with van der Waals surface area (Å²) in [7, 11) is -4.64. The molecule has 0 unspecified atom stereocenters. The molecule has 0 amide bonds. The molecule has 0 radical (unpaired) electrons. The van der Waals surface area contributed by atoms with E-state index < -0.39 is 50.9 Å². The highest BCUT2D eigenvalue weighted by Crippen LogP contribution is 2.31. The van der Waals surface area contributed by atoms with E-state index in [1.54, 1.807) is 0 Å². The third-order valence-electron chi connectivity index (χ3n) is 3.73. The molecule has 1 aliphatic rings. The van der Waals surface area contributed by atoms with Crippen LogP contribution in [0.2, 0.25) is 0 Å². The van der Waals surface area contributed by atoms with Gasteiger partial charge in [0.05, 0.1) is 25.8 Å². The molecule has 0 aromatic carbocycles. The van der Waals surface area contributed by atoms with E-state index in [1.807, 2.05) is 0 Å². The number of fused-ring (bicyclic) bond motifs is 1. The van der Waals surface area contributed by atoms with Crippen molar-refractivity contribution in [3.63, 3.8) is 0 Å². The fraction of sp³-hybridized carbons (Fsp3) is 0.500. The number of ether oxygens (including phenoxy) is 1. The highest BCUT2D eigenvalue weighted by atomic mass is 31.2. The Labute approximate surface area is 178 Å². The Morgan fingerprint density at radius 3 is 2.03 bits per heavy atom. The molecule has 2 aromatic rings. The number of carboxylic acids is 2. The molecule has 1 saturated heterocycles. The second-order valence-corrected chi connectivity index (χ2v) is 7.14. The lowest BCUT2D eigenvalue weighted by Crippen LogP contribution is -2.33. The van der Waals surface area contributed by atoms with E-state index in [9.17, 15) is 19.8 Å². The van der Waals surface area contributed by atoms with Crippen molar-refractivity contribution in [1.82, 2.24) is 19.5 Å². The number of rotatable bonds is 5. The number of imidazole rings is 1. The molecule has 180 valence electrons. The minimum Gasteiger partial charge on any atom is -0.481 e. The number of carboxylic acid groups (broad SMARTS) is 2. The van der Waals surface area contributed by atoms with E-state index in [0.29, 0.717) is 11.2 Å². The smallest absolute Gasteiger partial charge is 0.466 e. The number of aliphatic carboxylic acids is 2. The highest BCUT2D eigenvalue weighted by molar-refractivity contribution is 7.45. The molecule has 3 heterocycles. The average Bonchev–Trinajstić information content (AvgIpc) is 3.22. The van der Waals surface area contributed by atoms with Crippen molar-refractivity contribution in [2.75, 3.05) is 12.3 Å². The second-order valence-electron chi connectivity index (χ2n) is 6.11. The van der Waals surface area contributed by atoms with Crippen molar-refractivity contribution in [2.45, 2.75) is 37.4 Å². The fourth-order valence-corrected chi connectivity index (χ4v) is 2.38. The number of nitrogens with zero attached hydrogens (tertiary/aromatic N) is 4. The van der Waals surface area contributed by atoms with E-state index in [2.05, 4.69) is 15.0 Å². The Morgan fingerprint density at radius 2 is 1.59 bits per heavy atom. The Balaban J connectivity index is 0.000000329. The van der Waals surface area contributed by atoms with Crippen molar-refractivity contribution in [3.8, 4) is 0 Å². The Morgan fingerprint density at radius 1 is 1.06 bits per heavy atom. The van der Waals surface area contributed by atoms with Gasteiger partial charge in [0.25, 0.3) is 0 Å². The number of hydrogen-bond acceptors (Lipinski definition) is 11. The van der Waals surface area contributed by atoms with Gasteiger partial charge in [0.15, 0.2) is 17.7 Å². The van der Waals surface area contributed by atoms with Crippen LogP contribution in [0.3, 0.4) is 0 Å². The largest absolute Gasteiger partial charge is 0.481 e. The van der Waals surface area contributed by atoms with Gasteiger partial charge < -0.3 is 50.7 Å². The van der Waals surface area contributed by atoms with Crippen molar-refractivity contribution in [2.24, 2.45) is 0 Å². The Bertz CT molecular complexity index is 942. The standard InChI is InChI=1S/C10H13N5O4.C4H6O4.H3O4P/c11-8-5-9(13-2-12-8)15(3-14-5)10-7(18)6(17)4(1-16)19-10;5-3(6)1-2-4(7)8;1-5(2,3)4/h2-4,6-7,10,16-18H,1H2,(H2,11,12,13);1-2H2,(H,5,6)(H,7,8);(H3,1,2,3,4)/t4-,6-,7-,10-;;/m1../s1. The van der Waals surface area contributed by atoms with E-state index >= 15 is 0 Å². The van der Waals surface area contributed by atoms with Crippen LogP contribution >= 0.6 is 7.82 Å². The van der Waals surface area contributed by atoms with Crippen molar-refractivity contribution >= 4 is 36.7 Å². The van der Waals surface area contributed by atoms with Crippen LogP contribution in [0.1, 0.15) is 19.1 Å². The zero-order valence-corrected chi connectivity index (χ0v) is 17.0. The molecule has 0 aliphatic carbocycles. The van der Waals surface area contributed by atoms with Crippen LogP contribution < -0.4 is 5.73 Å². The summed E-state index contributed by atoms with van der Waals surface area (Å²) in [6.07, 6.45) is -2.02. The normalized spacial score (nSPS) is 22.4. The number of nitrogen functional groups attached to an aromatic ring is 1. The van der Waals surface area contributed by atoms with Gasteiger partial charge in [0.1, 0.15) is 30.2 Å². The highest BCUT2D eigenvalue weighted by Gasteiger charge is 2.43. The van der Waals surface area contributed by atoms with Crippen LogP contribution in [0.4, 0.5) is 5.82 Å². The van der Waals surface area contributed by atoms with Crippen LogP contribution in [0.5, 0.6) is 0 Å². The lowest BCUT2D eigenvalue weighted by Gasteiger charge is -2.16. The van der Waals surface area contributed by atoms with Crippen LogP contribution in [-0.4, -0.2) is 96.6 Å². The van der Waals surface area contributed by atoms with Crippen LogP contribution in [0.25, 0.3) is 11.2 Å². The number of phosphoric acid groups is 1. The first-order chi connectivity index (χ1) is 14.8. The SMILES string of the molecule is Nc1ncnc2c1ncn2[C@@H]1O[C@H](CO)[C@@H](O)[C@H]1O.O=C(O)CCC(=O)O.O=P(O)(O)O. The van der Waals surface area contributed by atoms with Gasteiger partial charge in [0.2, 0.25) is 0 Å². The zero-order chi connectivity index (χ0) is 24.6. The third-order valence-corrected chi connectivity index (χ3v) is 3.73. The summed E-state index contributed by atoms with van der Waals surface area (Å²) in [6.45, 7) is -0.390. The first-order valence-electron chi connectivity index (χ1n) is 8.53. The molecule has 10 N–H and O–H groups in total. The molecular weight excluding hydrogens is 461 g/mol. The topological polar surface area (TPSA) is 292 Å². The number of aliphatic hydroxyl groups excluding tert-OH is 3. The van der Waals surface area contributed by atoms with Crippen LogP contribution in [0.15, 0.2) is 12.7 Å². The number of hydrogen-bond donors (Lipinski definition) is 9. The van der Waals surface area contributed by atoms with E-state index in [-0.39, 0.29) is 18.7 Å². The Kier molecular flexibility index (Phi) is 10.0. The lowest BCUT2D eigenvalue weighted by atomic mass is 10.1. The molecule has 0 spiro atoms. The summed E-state index contributed by atoms with van der Waals surface area (Å²) >= 11 is 0. The van der Waals surface area contributed by atoms with Crippen molar-refractivity contribution in [3.05, 3.63) is 12.7 Å². The van der Waals surface area contributed by atoms with Crippen LogP contribution in [-0.2, 0) is 18.9 Å². The summed E-state index contributed by atoms with van der Waals surface area (Å²) in [5, 5.41) is 44.5. The van der Waals surface area contributed by atoms with Gasteiger partial charge in [-0.3, -0.25) is 14.2 Å². The zero-order valence-electron chi connectivity index (χ0n) is 16.1. The van der Waals surface area contributed by atoms with Crippen molar-refractivity contribution in [1.29, 1.82) is 0 Å². The molecule has 1 fully saturated rings. The van der Waals surface area contributed by atoms with E-state index in [1.165, 1.54) is 17.2 Å². The van der Waals surface area contributed by atoms with Gasteiger partial charge in [-0.1, -0.05) is 0 Å². The number of aromatic nitrogens is 4. The van der Waals surface area contributed by atoms with E-state index in [0.717, 1.165) is 0 Å². The summed E-state index contributed by atoms with van der Waals surface area (Å²) < 4.78 is 15.7. The maximum absolute atomic E-state index is 9.95. The van der Waals surface area contributed by atoms with Gasteiger partial charge in [-0.05, 0) is 0 Å². The van der Waals surface area contributed by atoms with Gasteiger partial charge in [0, 0.05) is 0 Å². The van der Waals surface area contributed by atoms with Crippen molar-refractivity contribution < 1.29 is 59.1 Å². The first-order valence-corrected chi connectivity index (χ1v) is 10.1. The molecule has 0 bridgehead atoms. The Hall–Kier alpha value is -2.76. The number of anilines is 1. The lowest BCUT2D eigenvalue weighted by molar-refractivity contribution is -0.143. The molecular formula is C14H22N5O12P. The minimum atomic E-state index is -4.64. The predicted molar refractivity (Wildman–Crippen MR) is 102 cm³/mol. The second kappa shape index (κ2) is 11.7. The van der Waals surface area contributed by atoms with Gasteiger partial charge >= 0.3 is 19.8 Å². The predicted octanol–water partition coefficient (Wildman–Crippen LogP) is -2.97. The molecule has 1 aliphatic heterocycles. The third kappa shape index (κ3) is 8.40. The quantitative estimate of drug-likeness (QED) is 0.192. The number of nitrogens with two attached hydrogens (primary N) is 1. The van der Waals surface area contributed by atoms with Gasteiger partial charge in [-0.15, -0.1) is 0 Å². The monoisotopic (exact) mass is 483 g/mol. The molecule has 18 heteroatoms. The average molecular weight is 483 g/mol. The summed E-state index contributed by atoms with van der Waals surface area (Å²) in [5.74, 6) is -1.93. The summed E-state index contributed by atoms with van der Waals surface area (Å²) in [4.78, 5) is 52.7. The molecule has 0 saturated carbocycles. The van der Waals surface area contributed by atoms with Crippen LogP contribution in [0, 0.1) is 0 Å². The fourth-order valence-electron chi connectivity index (χ4n) is 2.38. The number of carbonyl (C=O) groups is 2. The molecule has 17 nitrogen and oxygen atoms in total. The number of aliphatic hydroxyl groups is 3. The minimum absolute atomic E-state index is 0.218. The maximum Gasteiger partial charge on any atom is 0.466 e. The summed E-state index contributed by atoms with van der Waals surface area (Å²) in [6, 6.07) is 0.